The molecule has 2 aromatic rings. The lowest BCUT2D eigenvalue weighted by Gasteiger charge is -2.23. The van der Waals surface area contributed by atoms with E-state index in [2.05, 4.69) is 48.7 Å². The van der Waals surface area contributed by atoms with Gasteiger partial charge in [0.15, 0.2) is 5.82 Å². The Kier molecular flexibility index (Phi) is 4.66. The van der Waals surface area contributed by atoms with Gasteiger partial charge in [-0.1, -0.05) is 30.8 Å². The van der Waals surface area contributed by atoms with Crippen LogP contribution in [0.4, 0.5) is 0 Å². The van der Waals surface area contributed by atoms with Crippen LogP contribution in [0.25, 0.3) is 11.5 Å². The number of benzene rings is 1. The number of nitrogens with zero attached hydrogens (tertiary/aromatic N) is 2. The van der Waals surface area contributed by atoms with Crippen LogP contribution in [0.5, 0.6) is 0 Å². The molecule has 3 rings (SSSR count). The van der Waals surface area contributed by atoms with Crippen molar-refractivity contribution in [1.82, 2.24) is 10.1 Å². The summed E-state index contributed by atoms with van der Waals surface area (Å²) in [6.45, 7) is 0. The first-order valence-corrected chi connectivity index (χ1v) is 9.04. The molecule has 112 valence electrons. The quantitative estimate of drug-likeness (QED) is 0.523. The largest absolute Gasteiger partial charge is 0.334 e. The third kappa shape index (κ3) is 3.32. The molecule has 0 bridgehead atoms. The van der Waals surface area contributed by atoms with Crippen LogP contribution < -0.4 is 5.73 Å². The van der Waals surface area contributed by atoms with Crippen LogP contribution >= 0.6 is 38.5 Å². The summed E-state index contributed by atoms with van der Waals surface area (Å²) in [5, 5.41) is 4.17. The number of hydrogen-bond acceptors (Lipinski definition) is 4. The summed E-state index contributed by atoms with van der Waals surface area (Å²) in [4.78, 5) is 4.58. The average molecular weight is 462 g/mol. The smallest absolute Gasteiger partial charge is 0.259 e. The molecule has 6 heteroatoms. The molecule has 1 aromatic heterocycles. The molecule has 21 heavy (non-hydrogen) atoms. The Hall–Kier alpha value is -0.470. The lowest BCUT2D eigenvalue weighted by molar-refractivity contribution is 0.334. The molecule has 0 saturated heterocycles. The van der Waals surface area contributed by atoms with Crippen LogP contribution in [0.15, 0.2) is 27.2 Å². The minimum absolute atomic E-state index is 0.438. The number of hydrogen-bond donors (Lipinski definition) is 1. The van der Waals surface area contributed by atoms with Crippen molar-refractivity contribution < 1.29 is 4.52 Å². The van der Waals surface area contributed by atoms with E-state index >= 15 is 0 Å². The topological polar surface area (TPSA) is 64.9 Å². The van der Waals surface area contributed by atoms with E-state index in [0.717, 1.165) is 39.3 Å². The molecular weight excluding hydrogens is 445 g/mol. The highest BCUT2D eigenvalue weighted by atomic mass is 127. The maximum atomic E-state index is 6.54. The summed E-state index contributed by atoms with van der Waals surface area (Å²) in [6, 6.07) is 6.05. The lowest BCUT2D eigenvalue weighted by Crippen LogP contribution is -2.37. The molecule has 2 N–H and O–H groups in total. The fraction of sp³-hybridized carbons (Fsp3) is 0.467. The van der Waals surface area contributed by atoms with E-state index in [4.69, 9.17) is 10.3 Å². The van der Waals surface area contributed by atoms with Gasteiger partial charge in [-0.2, -0.15) is 4.98 Å². The van der Waals surface area contributed by atoms with Gasteiger partial charge in [-0.25, -0.2) is 0 Å². The first-order chi connectivity index (χ1) is 10.1. The second-order valence-electron chi connectivity index (χ2n) is 5.62. The van der Waals surface area contributed by atoms with Gasteiger partial charge in [0, 0.05) is 8.04 Å². The van der Waals surface area contributed by atoms with Crippen LogP contribution in [-0.4, -0.2) is 10.1 Å². The van der Waals surface area contributed by atoms with Gasteiger partial charge < -0.3 is 10.3 Å². The van der Waals surface area contributed by atoms with E-state index in [1.165, 1.54) is 12.8 Å². The van der Waals surface area contributed by atoms with Crippen molar-refractivity contribution in [3.63, 3.8) is 0 Å². The fourth-order valence-corrected chi connectivity index (χ4v) is 3.69. The van der Waals surface area contributed by atoms with Crippen molar-refractivity contribution in [2.75, 3.05) is 0 Å². The van der Waals surface area contributed by atoms with Crippen molar-refractivity contribution in [2.24, 2.45) is 5.73 Å². The zero-order chi connectivity index (χ0) is 14.9. The molecule has 0 atom stereocenters. The summed E-state index contributed by atoms with van der Waals surface area (Å²) in [7, 11) is 0. The van der Waals surface area contributed by atoms with Crippen LogP contribution in [0.2, 0.25) is 0 Å². The van der Waals surface area contributed by atoms with Crippen LogP contribution in [0.1, 0.15) is 44.3 Å². The fourth-order valence-electron chi connectivity index (χ4n) is 2.78. The summed E-state index contributed by atoms with van der Waals surface area (Å²) >= 11 is 5.81. The third-order valence-electron chi connectivity index (χ3n) is 4.03. The Bertz CT molecular complexity index is 636. The van der Waals surface area contributed by atoms with Crippen molar-refractivity contribution in [2.45, 2.75) is 44.1 Å². The van der Waals surface area contributed by atoms with Gasteiger partial charge in [0.1, 0.15) is 0 Å². The third-order valence-corrected chi connectivity index (χ3v) is 5.39. The highest BCUT2D eigenvalue weighted by molar-refractivity contribution is 14.1. The monoisotopic (exact) mass is 461 g/mol. The Balaban J connectivity index is 1.94. The molecule has 0 radical (unpaired) electrons. The first kappa shape index (κ1) is 15.4. The Labute approximate surface area is 146 Å². The predicted octanol–water partition coefficient (Wildman–Crippen LogP) is 4.61. The van der Waals surface area contributed by atoms with Gasteiger partial charge in [0.25, 0.3) is 5.89 Å². The molecule has 1 heterocycles. The molecule has 4 nitrogen and oxygen atoms in total. The van der Waals surface area contributed by atoms with Crippen molar-refractivity contribution in [1.29, 1.82) is 0 Å². The summed E-state index contributed by atoms with van der Waals surface area (Å²) < 4.78 is 7.55. The van der Waals surface area contributed by atoms with Crippen LogP contribution in [0, 0.1) is 3.57 Å². The zero-order valence-electron chi connectivity index (χ0n) is 11.6. The number of halogens is 2. The summed E-state index contributed by atoms with van der Waals surface area (Å²) in [5.74, 6) is 1.18. The first-order valence-electron chi connectivity index (χ1n) is 7.17. The summed E-state index contributed by atoms with van der Waals surface area (Å²) in [5.41, 5.74) is 7.02. The van der Waals surface area contributed by atoms with E-state index in [-0.39, 0.29) is 0 Å². The predicted molar refractivity (Wildman–Crippen MR) is 93.7 cm³/mol. The highest BCUT2D eigenvalue weighted by Crippen LogP contribution is 2.34. The SMILES string of the molecule is NC1(c2noc(-c3cc(I)ccc3Br)n2)CCCCCC1. The van der Waals surface area contributed by atoms with E-state index in [1.54, 1.807) is 0 Å². The lowest BCUT2D eigenvalue weighted by atomic mass is 9.91. The van der Waals surface area contributed by atoms with Crippen molar-refractivity contribution in [3.8, 4) is 11.5 Å². The molecule has 1 saturated carbocycles. The molecule has 1 aliphatic rings. The maximum absolute atomic E-state index is 6.54. The van der Waals surface area contributed by atoms with Crippen LogP contribution in [0.3, 0.4) is 0 Å². The van der Waals surface area contributed by atoms with Gasteiger partial charge in [0.2, 0.25) is 0 Å². The average Bonchev–Trinajstić information content (AvgIpc) is 2.86. The molecular formula is C15H17BrIN3O. The Morgan fingerprint density at radius 1 is 1.19 bits per heavy atom. The van der Waals surface area contributed by atoms with Gasteiger partial charge in [-0.3, -0.25) is 0 Å². The Morgan fingerprint density at radius 3 is 2.62 bits per heavy atom. The van der Waals surface area contributed by atoms with E-state index < -0.39 is 5.54 Å². The van der Waals surface area contributed by atoms with E-state index in [0.29, 0.717) is 11.7 Å². The molecule has 1 aromatic carbocycles. The normalized spacial score (nSPS) is 18.4. The minimum Gasteiger partial charge on any atom is -0.334 e. The van der Waals surface area contributed by atoms with Gasteiger partial charge >= 0.3 is 0 Å². The van der Waals surface area contributed by atoms with Gasteiger partial charge in [0.05, 0.1) is 11.1 Å². The molecule has 1 aliphatic carbocycles. The number of nitrogens with two attached hydrogens (primary N) is 1. The van der Waals surface area contributed by atoms with E-state index in [1.807, 2.05) is 18.2 Å². The summed E-state index contributed by atoms with van der Waals surface area (Å²) in [6.07, 6.45) is 6.61. The molecule has 0 aliphatic heterocycles. The maximum Gasteiger partial charge on any atom is 0.259 e. The Morgan fingerprint density at radius 2 is 1.90 bits per heavy atom. The van der Waals surface area contributed by atoms with Crippen LogP contribution in [-0.2, 0) is 5.54 Å². The second-order valence-corrected chi connectivity index (χ2v) is 7.72. The molecule has 0 amide bonds. The zero-order valence-corrected chi connectivity index (χ0v) is 15.4. The van der Waals surface area contributed by atoms with Crippen molar-refractivity contribution in [3.05, 3.63) is 32.1 Å². The van der Waals surface area contributed by atoms with Gasteiger partial charge in [-0.15, -0.1) is 0 Å². The number of aromatic nitrogens is 2. The second kappa shape index (κ2) is 6.34. The van der Waals surface area contributed by atoms with E-state index in [9.17, 15) is 0 Å². The molecule has 0 unspecified atom stereocenters. The van der Waals surface area contributed by atoms with Crippen molar-refractivity contribution >= 4 is 38.5 Å². The number of rotatable bonds is 2. The molecule has 0 spiro atoms. The van der Waals surface area contributed by atoms with Gasteiger partial charge in [-0.05, 0) is 69.6 Å². The molecule has 1 fully saturated rings. The minimum atomic E-state index is -0.438. The highest BCUT2D eigenvalue weighted by Gasteiger charge is 2.33. The standard InChI is InChI=1S/C15H17BrIN3O/c16-12-6-5-10(17)9-11(12)13-19-14(20-21-13)15(18)7-3-1-2-4-8-15/h5-6,9H,1-4,7-8,18H2.